The van der Waals surface area contributed by atoms with Crippen molar-refractivity contribution in [3.05, 3.63) is 120 Å². The minimum atomic E-state index is -0.248. The van der Waals surface area contributed by atoms with E-state index in [1.807, 2.05) is 78.9 Å². The van der Waals surface area contributed by atoms with Gasteiger partial charge in [0, 0.05) is 24.3 Å². The van der Waals surface area contributed by atoms with E-state index >= 15 is 0 Å². The molecule has 0 saturated carbocycles. The van der Waals surface area contributed by atoms with E-state index in [2.05, 4.69) is 39.5 Å². The number of fused-ring (bicyclic) bond motifs is 1. The van der Waals surface area contributed by atoms with Crippen molar-refractivity contribution in [2.75, 3.05) is 12.4 Å². The maximum atomic E-state index is 12.3. The minimum absolute atomic E-state index is 0.248. The zero-order valence-electron chi connectivity index (χ0n) is 20.1. The van der Waals surface area contributed by atoms with Gasteiger partial charge in [0.1, 0.15) is 11.6 Å². The maximum Gasteiger partial charge on any atom is 0.319 e. The Bertz CT molecular complexity index is 1460. The molecule has 180 valence electrons. The van der Waals surface area contributed by atoms with Crippen molar-refractivity contribution in [3.8, 4) is 11.4 Å². The molecule has 0 aliphatic heterocycles. The fourth-order valence-electron chi connectivity index (χ4n) is 4.26. The summed E-state index contributed by atoms with van der Waals surface area (Å²) in [6.07, 6.45) is 1.65. The standard InChI is InChI=1S/C30H28N4O2/c1-36-26-11-7-8-23(20-26)21-31-30(35)32-24-17-14-22(15-18-24)16-19-29-33-27-12-5-6-13-28(27)34(29)25-9-3-2-4-10-25/h2-15,17-18,20H,16,19,21H2,1H3,(H2,31,32,35). The lowest BCUT2D eigenvalue weighted by Gasteiger charge is -2.10. The van der Waals surface area contributed by atoms with E-state index in [9.17, 15) is 4.79 Å². The number of urea groups is 1. The van der Waals surface area contributed by atoms with Crippen molar-refractivity contribution >= 4 is 22.8 Å². The van der Waals surface area contributed by atoms with Gasteiger partial charge in [-0.15, -0.1) is 0 Å². The number of amides is 2. The first-order valence-electron chi connectivity index (χ1n) is 12.0. The molecule has 0 aliphatic carbocycles. The van der Waals surface area contributed by atoms with Crippen LogP contribution in [-0.2, 0) is 19.4 Å². The Balaban J connectivity index is 1.21. The molecule has 1 aromatic heterocycles. The molecule has 6 nitrogen and oxygen atoms in total. The number of methoxy groups -OCH3 is 1. The van der Waals surface area contributed by atoms with Gasteiger partial charge < -0.3 is 15.4 Å². The highest BCUT2D eigenvalue weighted by atomic mass is 16.5. The van der Waals surface area contributed by atoms with Crippen LogP contribution in [0.4, 0.5) is 10.5 Å². The minimum Gasteiger partial charge on any atom is -0.497 e. The molecule has 0 unspecified atom stereocenters. The first-order valence-corrected chi connectivity index (χ1v) is 12.0. The number of carbonyl (C=O) groups excluding carboxylic acids is 1. The number of carbonyl (C=O) groups is 1. The summed E-state index contributed by atoms with van der Waals surface area (Å²) in [5.74, 6) is 1.80. The van der Waals surface area contributed by atoms with Crippen LogP contribution in [0.25, 0.3) is 16.7 Å². The third-order valence-corrected chi connectivity index (χ3v) is 6.08. The molecule has 0 fully saturated rings. The van der Waals surface area contributed by atoms with Crippen LogP contribution in [0.3, 0.4) is 0 Å². The number of aryl methyl sites for hydroxylation is 2. The van der Waals surface area contributed by atoms with Crippen molar-refractivity contribution < 1.29 is 9.53 Å². The van der Waals surface area contributed by atoms with Gasteiger partial charge in [0.05, 0.1) is 18.1 Å². The van der Waals surface area contributed by atoms with E-state index in [0.717, 1.165) is 52.4 Å². The summed E-state index contributed by atoms with van der Waals surface area (Å²) in [5, 5.41) is 5.77. The number of nitrogens with one attached hydrogen (secondary N) is 2. The number of ether oxygens (including phenoxy) is 1. The summed E-state index contributed by atoms with van der Waals surface area (Å²) < 4.78 is 7.46. The molecule has 2 amide bonds. The van der Waals surface area contributed by atoms with Crippen LogP contribution in [0.2, 0.25) is 0 Å². The lowest BCUT2D eigenvalue weighted by Crippen LogP contribution is -2.28. The van der Waals surface area contributed by atoms with Gasteiger partial charge in [-0.2, -0.15) is 0 Å². The SMILES string of the molecule is COc1cccc(CNC(=O)Nc2ccc(CCc3nc4ccccc4n3-c3ccccc3)cc2)c1. The number of nitrogens with zero attached hydrogens (tertiary/aromatic N) is 2. The Morgan fingerprint density at radius 2 is 1.61 bits per heavy atom. The van der Waals surface area contributed by atoms with Crippen molar-refractivity contribution in [1.29, 1.82) is 0 Å². The van der Waals surface area contributed by atoms with Gasteiger partial charge in [-0.25, -0.2) is 9.78 Å². The van der Waals surface area contributed by atoms with Crippen LogP contribution in [-0.4, -0.2) is 22.7 Å². The summed E-state index contributed by atoms with van der Waals surface area (Å²) in [6, 6.07) is 33.9. The van der Waals surface area contributed by atoms with Crippen LogP contribution in [0.1, 0.15) is 17.0 Å². The highest BCUT2D eigenvalue weighted by Crippen LogP contribution is 2.23. The highest BCUT2D eigenvalue weighted by Gasteiger charge is 2.12. The largest absolute Gasteiger partial charge is 0.497 e. The number of hydrogen-bond donors (Lipinski definition) is 2. The molecule has 2 N–H and O–H groups in total. The van der Waals surface area contributed by atoms with Crippen molar-refractivity contribution in [1.82, 2.24) is 14.9 Å². The number of benzene rings is 4. The number of hydrogen-bond acceptors (Lipinski definition) is 3. The fourth-order valence-corrected chi connectivity index (χ4v) is 4.26. The van der Waals surface area contributed by atoms with Crippen LogP contribution in [0.5, 0.6) is 5.75 Å². The molecule has 0 radical (unpaired) electrons. The monoisotopic (exact) mass is 476 g/mol. The van der Waals surface area contributed by atoms with Crippen LogP contribution in [0.15, 0.2) is 103 Å². The average molecular weight is 477 g/mol. The quantitative estimate of drug-likeness (QED) is 0.283. The Morgan fingerprint density at radius 1 is 0.833 bits per heavy atom. The smallest absolute Gasteiger partial charge is 0.319 e. The maximum absolute atomic E-state index is 12.3. The lowest BCUT2D eigenvalue weighted by atomic mass is 10.1. The second-order valence-electron chi connectivity index (χ2n) is 8.54. The highest BCUT2D eigenvalue weighted by molar-refractivity contribution is 5.89. The Kier molecular flexibility index (Phi) is 6.94. The van der Waals surface area contributed by atoms with E-state index in [-0.39, 0.29) is 6.03 Å². The zero-order valence-corrected chi connectivity index (χ0v) is 20.1. The molecular formula is C30H28N4O2. The molecule has 6 heteroatoms. The molecule has 5 rings (SSSR count). The van der Waals surface area contributed by atoms with Gasteiger partial charge in [-0.1, -0.05) is 54.6 Å². The second kappa shape index (κ2) is 10.8. The van der Waals surface area contributed by atoms with Crippen molar-refractivity contribution in [2.45, 2.75) is 19.4 Å². The van der Waals surface area contributed by atoms with Gasteiger partial charge in [0.15, 0.2) is 0 Å². The van der Waals surface area contributed by atoms with E-state index in [1.165, 1.54) is 5.56 Å². The van der Waals surface area contributed by atoms with Crippen molar-refractivity contribution in [2.24, 2.45) is 0 Å². The normalized spacial score (nSPS) is 10.8. The van der Waals surface area contributed by atoms with Crippen LogP contribution < -0.4 is 15.4 Å². The fraction of sp³-hybridized carbons (Fsp3) is 0.133. The number of rotatable bonds is 8. The zero-order chi connectivity index (χ0) is 24.7. The Labute approximate surface area is 210 Å². The van der Waals surface area contributed by atoms with E-state index in [0.29, 0.717) is 6.54 Å². The summed E-state index contributed by atoms with van der Waals surface area (Å²) in [5.41, 5.74) is 6.12. The summed E-state index contributed by atoms with van der Waals surface area (Å²) >= 11 is 0. The first-order chi connectivity index (χ1) is 17.7. The molecule has 5 aromatic rings. The second-order valence-corrected chi connectivity index (χ2v) is 8.54. The van der Waals surface area contributed by atoms with E-state index < -0.39 is 0 Å². The van der Waals surface area contributed by atoms with Gasteiger partial charge in [0.2, 0.25) is 0 Å². The molecule has 1 heterocycles. The molecule has 0 bridgehead atoms. The number of anilines is 1. The van der Waals surface area contributed by atoms with Crippen LogP contribution >= 0.6 is 0 Å². The predicted octanol–water partition coefficient (Wildman–Crippen LogP) is 6.14. The molecule has 4 aromatic carbocycles. The molecule has 0 aliphatic rings. The Morgan fingerprint density at radius 3 is 2.42 bits per heavy atom. The topological polar surface area (TPSA) is 68.2 Å². The molecule has 0 saturated heterocycles. The average Bonchev–Trinajstić information content (AvgIpc) is 3.30. The number of para-hydroxylation sites is 3. The van der Waals surface area contributed by atoms with Gasteiger partial charge in [-0.3, -0.25) is 4.57 Å². The summed E-state index contributed by atoms with van der Waals surface area (Å²) in [7, 11) is 1.63. The van der Waals surface area contributed by atoms with Gasteiger partial charge >= 0.3 is 6.03 Å². The van der Waals surface area contributed by atoms with Gasteiger partial charge in [-0.05, 0) is 66.1 Å². The van der Waals surface area contributed by atoms with Gasteiger partial charge in [0.25, 0.3) is 0 Å². The van der Waals surface area contributed by atoms with E-state index in [4.69, 9.17) is 9.72 Å². The third kappa shape index (κ3) is 5.39. The molecule has 0 atom stereocenters. The lowest BCUT2D eigenvalue weighted by molar-refractivity contribution is 0.251. The third-order valence-electron chi connectivity index (χ3n) is 6.08. The molecule has 0 spiro atoms. The summed E-state index contributed by atoms with van der Waals surface area (Å²) in [4.78, 5) is 17.2. The predicted molar refractivity (Wildman–Crippen MR) is 144 cm³/mol. The Hall–Kier alpha value is -4.58. The number of imidazole rings is 1. The van der Waals surface area contributed by atoms with Crippen LogP contribution in [0, 0.1) is 0 Å². The number of aromatic nitrogens is 2. The molecular weight excluding hydrogens is 448 g/mol. The first kappa shape index (κ1) is 23.2. The molecule has 36 heavy (non-hydrogen) atoms. The van der Waals surface area contributed by atoms with Crippen molar-refractivity contribution in [3.63, 3.8) is 0 Å². The summed E-state index contributed by atoms with van der Waals surface area (Å²) in [6.45, 7) is 0.420. The van der Waals surface area contributed by atoms with E-state index in [1.54, 1.807) is 7.11 Å².